The number of benzene rings is 2. The molecule has 2 aromatic carbocycles. The molecule has 8 nitrogen and oxygen atoms in total. The fourth-order valence-electron chi connectivity index (χ4n) is 6.18. The maximum absolute atomic E-state index is 14.0. The predicted octanol–water partition coefficient (Wildman–Crippen LogP) is 4.22. The van der Waals surface area contributed by atoms with E-state index in [0.29, 0.717) is 48.4 Å². The highest BCUT2D eigenvalue weighted by atomic mass is 35.5. The number of halogens is 2. The number of piperazine rings is 1. The van der Waals surface area contributed by atoms with Crippen molar-refractivity contribution in [1.29, 1.82) is 0 Å². The minimum absolute atomic E-state index is 0.0608. The van der Waals surface area contributed by atoms with Crippen molar-refractivity contribution >= 4 is 35.0 Å². The normalized spacial score (nSPS) is 18.5. The number of rotatable bonds is 15. The van der Waals surface area contributed by atoms with Gasteiger partial charge in [-0.15, -0.1) is 0 Å². The Labute approximate surface area is 274 Å². The number of unbranched alkanes of at least 4 members (excludes halogenated alkanes) is 1. The van der Waals surface area contributed by atoms with E-state index in [1.807, 2.05) is 15.9 Å². The Kier molecular flexibility index (Phi) is 14.4. The predicted molar refractivity (Wildman–Crippen MR) is 182 cm³/mol. The first-order valence-electron chi connectivity index (χ1n) is 15.9. The van der Waals surface area contributed by atoms with Crippen LogP contribution in [0.3, 0.4) is 0 Å². The molecule has 44 heavy (non-hydrogen) atoms. The fraction of sp³-hybridized carbons (Fsp3) is 0.588. The van der Waals surface area contributed by atoms with Crippen LogP contribution in [-0.2, 0) is 22.4 Å². The molecule has 0 radical (unpaired) electrons. The third kappa shape index (κ3) is 10.4. The van der Waals surface area contributed by atoms with E-state index in [2.05, 4.69) is 51.2 Å². The highest BCUT2D eigenvalue weighted by molar-refractivity contribution is 6.35. The summed E-state index contributed by atoms with van der Waals surface area (Å²) in [4.78, 5) is 31.9. The first-order valence-corrected chi connectivity index (χ1v) is 16.7. The molecule has 10 heteroatoms. The number of aryl methyl sites for hydroxylation is 2. The Morgan fingerprint density at radius 2 is 1.50 bits per heavy atom. The molecule has 0 aromatic heterocycles. The van der Waals surface area contributed by atoms with E-state index in [1.165, 1.54) is 5.56 Å². The number of amides is 2. The quantitative estimate of drug-likeness (QED) is 0.214. The molecule has 0 bridgehead atoms. The Bertz CT molecular complexity index is 1240. The third-order valence-corrected chi connectivity index (χ3v) is 9.08. The van der Waals surface area contributed by atoms with Gasteiger partial charge in [0.1, 0.15) is 0 Å². The van der Waals surface area contributed by atoms with Crippen LogP contribution in [0.2, 0.25) is 10.0 Å². The summed E-state index contributed by atoms with van der Waals surface area (Å²) in [7, 11) is 0. The Hall–Kier alpha value is -2.20. The molecular weight excluding hydrogens is 595 g/mol. The lowest BCUT2D eigenvalue weighted by Gasteiger charge is -2.48. The lowest BCUT2D eigenvalue weighted by molar-refractivity contribution is -0.149. The van der Waals surface area contributed by atoms with Gasteiger partial charge in [-0.2, -0.15) is 0 Å². The number of nitrogens with one attached hydrogen (secondary N) is 1. The standard InChI is InChI=1S/C34H52Cl2N6O2/c1-22(2)15-29-21-41(33(43)31(38)17-25-9-8-23(3)16-24(25)4)28(7-5-6-13-40-14-12-37)20-42(29)34(44)32(39)18-26-10-11-27(35)19-30(26)36/h8-11,16,19,22,28-29,31-32,40H,5-7,12-15,17-18,20-21,37-39H2,1-4H3/t28-,29+,31+,32+/m0/s1. The van der Waals surface area contributed by atoms with Gasteiger partial charge in [-0.25, -0.2) is 0 Å². The van der Waals surface area contributed by atoms with E-state index in [1.54, 1.807) is 12.1 Å². The van der Waals surface area contributed by atoms with Crippen molar-refractivity contribution in [3.05, 3.63) is 68.7 Å². The zero-order chi connectivity index (χ0) is 32.4. The van der Waals surface area contributed by atoms with Crippen molar-refractivity contribution in [2.24, 2.45) is 23.1 Å². The molecule has 1 aliphatic rings. The molecule has 1 heterocycles. The summed E-state index contributed by atoms with van der Waals surface area (Å²) in [5.74, 6) is 0.139. The molecule has 0 aliphatic carbocycles. The molecule has 1 saturated heterocycles. The van der Waals surface area contributed by atoms with Crippen molar-refractivity contribution in [2.75, 3.05) is 32.7 Å². The zero-order valence-corrected chi connectivity index (χ0v) is 28.3. The van der Waals surface area contributed by atoms with Crippen LogP contribution in [0.15, 0.2) is 36.4 Å². The van der Waals surface area contributed by atoms with E-state index in [4.69, 9.17) is 40.4 Å². The number of hydrogen-bond donors (Lipinski definition) is 4. The van der Waals surface area contributed by atoms with Crippen LogP contribution in [0.4, 0.5) is 0 Å². The Balaban J connectivity index is 1.82. The van der Waals surface area contributed by atoms with Gasteiger partial charge in [0.05, 0.1) is 12.1 Å². The van der Waals surface area contributed by atoms with E-state index in [-0.39, 0.29) is 23.9 Å². The second-order valence-corrected chi connectivity index (χ2v) is 13.6. The number of nitrogens with two attached hydrogens (primary N) is 3. The average molecular weight is 648 g/mol. The maximum Gasteiger partial charge on any atom is 0.240 e. The van der Waals surface area contributed by atoms with Gasteiger partial charge in [-0.05, 0) is 87.2 Å². The van der Waals surface area contributed by atoms with E-state index < -0.39 is 12.1 Å². The van der Waals surface area contributed by atoms with Crippen LogP contribution in [0.1, 0.15) is 61.8 Å². The molecule has 1 fully saturated rings. The lowest BCUT2D eigenvalue weighted by Crippen LogP contribution is -2.65. The van der Waals surface area contributed by atoms with Crippen molar-refractivity contribution in [1.82, 2.24) is 15.1 Å². The fourth-order valence-corrected chi connectivity index (χ4v) is 6.66. The number of nitrogens with zero attached hydrogens (tertiary/aromatic N) is 2. The van der Waals surface area contributed by atoms with Crippen LogP contribution < -0.4 is 22.5 Å². The van der Waals surface area contributed by atoms with Gasteiger partial charge in [0.25, 0.3) is 0 Å². The van der Waals surface area contributed by atoms with Crippen LogP contribution in [0.5, 0.6) is 0 Å². The van der Waals surface area contributed by atoms with Crippen molar-refractivity contribution in [2.45, 2.75) is 90.4 Å². The van der Waals surface area contributed by atoms with Crippen LogP contribution in [0.25, 0.3) is 0 Å². The monoisotopic (exact) mass is 646 g/mol. The van der Waals surface area contributed by atoms with Gasteiger partial charge < -0.3 is 32.3 Å². The summed E-state index contributed by atoms with van der Waals surface area (Å²) in [6.07, 6.45) is 4.16. The smallest absolute Gasteiger partial charge is 0.240 e. The topological polar surface area (TPSA) is 131 Å². The SMILES string of the molecule is Cc1ccc(C[C@@H](N)C(=O)N2C[C@@H](CC(C)C)N(C(=O)[C@H](N)Cc3ccc(Cl)cc3Cl)C[C@@H]2CCCCNCCN)c(C)c1. The number of carbonyl (C=O) groups excluding carboxylic acids is 2. The van der Waals surface area contributed by atoms with Crippen molar-refractivity contribution in [3.63, 3.8) is 0 Å². The summed E-state index contributed by atoms with van der Waals surface area (Å²) in [5.41, 5.74) is 23.0. The van der Waals surface area contributed by atoms with Gasteiger partial charge in [-0.3, -0.25) is 9.59 Å². The highest BCUT2D eigenvalue weighted by Gasteiger charge is 2.41. The third-order valence-electron chi connectivity index (χ3n) is 8.50. The summed E-state index contributed by atoms with van der Waals surface area (Å²) in [6, 6.07) is 9.75. The van der Waals surface area contributed by atoms with Gasteiger partial charge in [0.2, 0.25) is 11.8 Å². The molecule has 2 amide bonds. The number of carbonyl (C=O) groups is 2. The average Bonchev–Trinajstić information content (AvgIpc) is 2.97. The minimum atomic E-state index is -0.765. The second kappa shape index (κ2) is 17.5. The molecule has 3 rings (SSSR count). The largest absolute Gasteiger partial charge is 0.335 e. The Morgan fingerprint density at radius 1 is 0.886 bits per heavy atom. The first kappa shape index (κ1) is 36.3. The summed E-state index contributed by atoms with van der Waals surface area (Å²) >= 11 is 12.5. The molecule has 4 atom stereocenters. The van der Waals surface area contributed by atoms with Crippen LogP contribution in [0, 0.1) is 19.8 Å². The molecule has 0 saturated carbocycles. The molecule has 7 N–H and O–H groups in total. The molecule has 244 valence electrons. The molecule has 0 spiro atoms. The molecule has 2 aromatic rings. The molecule has 0 unspecified atom stereocenters. The Morgan fingerprint density at radius 3 is 2.11 bits per heavy atom. The minimum Gasteiger partial charge on any atom is -0.335 e. The van der Waals surface area contributed by atoms with Gasteiger partial charge in [0.15, 0.2) is 0 Å². The molecular formula is C34H52Cl2N6O2. The second-order valence-electron chi connectivity index (χ2n) is 12.7. The van der Waals surface area contributed by atoms with Crippen LogP contribution in [-0.4, -0.2) is 78.5 Å². The summed E-state index contributed by atoms with van der Waals surface area (Å²) in [5, 5.41) is 4.37. The van der Waals surface area contributed by atoms with Gasteiger partial charge in [-0.1, -0.05) is 73.3 Å². The van der Waals surface area contributed by atoms with Gasteiger partial charge >= 0.3 is 0 Å². The molecule has 1 aliphatic heterocycles. The zero-order valence-electron chi connectivity index (χ0n) is 26.8. The van der Waals surface area contributed by atoms with Crippen molar-refractivity contribution in [3.8, 4) is 0 Å². The van der Waals surface area contributed by atoms with Gasteiger partial charge in [0, 0.05) is 48.3 Å². The van der Waals surface area contributed by atoms with E-state index in [9.17, 15) is 9.59 Å². The van der Waals surface area contributed by atoms with E-state index in [0.717, 1.165) is 55.5 Å². The summed E-state index contributed by atoms with van der Waals surface area (Å²) < 4.78 is 0. The number of hydrogen-bond acceptors (Lipinski definition) is 6. The first-order chi connectivity index (χ1) is 20.9. The lowest BCUT2D eigenvalue weighted by atomic mass is 9.92. The van der Waals surface area contributed by atoms with Crippen molar-refractivity contribution < 1.29 is 9.59 Å². The summed E-state index contributed by atoms with van der Waals surface area (Å²) in [6.45, 7) is 11.5. The highest BCUT2D eigenvalue weighted by Crippen LogP contribution is 2.27. The van der Waals surface area contributed by atoms with Crippen LogP contribution >= 0.6 is 23.2 Å². The van der Waals surface area contributed by atoms with E-state index >= 15 is 0 Å². The maximum atomic E-state index is 14.0.